The maximum absolute atomic E-state index is 13.6. The predicted molar refractivity (Wildman–Crippen MR) is 149 cm³/mol. The highest BCUT2D eigenvalue weighted by Crippen LogP contribution is 2.48. The van der Waals surface area contributed by atoms with Crippen molar-refractivity contribution in [2.45, 2.75) is 31.4 Å². The molecular weight excluding hydrogens is 552 g/mol. The summed E-state index contributed by atoms with van der Waals surface area (Å²) in [6.45, 7) is 0.0937. The number of fused-ring (bicyclic) bond motifs is 2. The molecule has 2 aliphatic heterocycles. The molecule has 0 spiro atoms. The van der Waals surface area contributed by atoms with E-state index in [1.54, 1.807) is 18.2 Å². The molecule has 0 aliphatic carbocycles. The zero-order valence-corrected chi connectivity index (χ0v) is 24.5. The highest BCUT2D eigenvalue weighted by Gasteiger charge is 2.48. The summed E-state index contributed by atoms with van der Waals surface area (Å²) in [4.78, 5) is 13.6. The number of rotatable bonds is 11. The fraction of sp³-hybridized carbons (Fsp3) is 0.433. The van der Waals surface area contributed by atoms with Gasteiger partial charge in [-0.3, -0.25) is 0 Å². The standard InChI is InChI=1S/C30H34O12/c1-32-13-18-24(28(31)37-6)23(15-8-9-19-22(10-15)40-14-39-19)16-11-20(33-2)21(34-3)12-17(16)25(18)41-30-27(36-5)26(35-4)29(38-7)42-30/h8-12,26-27,29-30H,13-14H2,1-7H3. The summed E-state index contributed by atoms with van der Waals surface area (Å²) in [5.41, 5.74) is 1.87. The van der Waals surface area contributed by atoms with Crippen LogP contribution in [-0.4, -0.2) is 87.3 Å². The van der Waals surface area contributed by atoms with Crippen molar-refractivity contribution in [1.29, 1.82) is 0 Å². The van der Waals surface area contributed by atoms with Crippen LogP contribution >= 0.6 is 0 Å². The first kappa shape index (κ1) is 29.7. The fourth-order valence-corrected chi connectivity index (χ4v) is 5.42. The average Bonchev–Trinajstić information content (AvgIpc) is 3.63. The lowest BCUT2D eigenvalue weighted by Crippen LogP contribution is -2.38. The van der Waals surface area contributed by atoms with E-state index in [1.165, 1.54) is 49.8 Å². The van der Waals surface area contributed by atoms with Gasteiger partial charge < -0.3 is 52.1 Å². The van der Waals surface area contributed by atoms with Gasteiger partial charge >= 0.3 is 5.97 Å². The van der Waals surface area contributed by atoms with E-state index < -0.39 is 30.8 Å². The van der Waals surface area contributed by atoms with Crippen molar-refractivity contribution in [1.82, 2.24) is 0 Å². The third-order valence-corrected chi connectivity index (χ3v) is 7.34. The average molecular weight is 587 g/mol. The van der Waals surface area contributed by atoms with Gasteiger partial charge in [0.2, 0.25) is 13.1 Å². The van der Waals surface area contributed by atoms with Gasteiger partial charge in [-0.2, -0.15) is 0 Å². The molecule has 3 aromatic rings. The van der Waals surface area contributed by atoms with Crippen LogP contribution in [0.5, 0.6) is 28.7 Å². The van der Waals surface area contributed by atoms with Crippen LogP contribution < -0.4 is 23.7 Å². The summed E-state index contributed by atoms with van der Waals surface area (Å²) in [6.07, 6.45) is -2.98. The molecule has 0 saturated carbocycles. The molecule has 2 aliphatic rings. The van der Waals surface area contributed by atoms with E-state index in [1.807, 2.05) is 12.1 Å². The normalized spacial score (nSPS) is 21.0. The zero-order chi connectivity index (χ0) is 30.0. The van der Waals surface area contributed by atoms with Crippen molar-refractivity contribution in [3.8, 4) is 39.9 Å². The molecule has 3 aromatic carbocycles. The summed E-state index contributed by atoms with van der Waals surface area (Å²) < 4.78 is 62.8. The van der Waals surface area contributed by atoms with Crippen LogP contribution in [0.3, 0.4) is 0 Å². The number of methoxy groups -OCH3 is 7. The number of hydrogen-bond acceptors (Lipinski definition) is 12. The van der Waals surface area contributed by atoms with Crippen LogP contribution in [0.15, 0.2) is 30.3 Å². The Morgan fingerprint density at radius 1 is 0.810 bits per heavy atom. The molecule has 1 fully saturated rings. The zero-order valence-electron chi connectivity index (χ0n) is 24.5. The molecule has 12 nitrogen and oxygen atoms in total. The minimum atomic E-state index is -0.973. The van der Waals surface area contributed by atoms with Crippen molar-refractivity contribution < 1.29 is 56.9 Å². The second-order valence-electron chi connectivity index (χ2n) is 9.43. The van der Waals surface area contributed by atoms with Crippen LogP contribution in [0.1, 0.15) is 15.9 Å². The second-order valence-corrected chi connectivity index (χ2v) is 9.43. The summed E-state index contributed by atoms with van der Waals surface area (Å²) in [5, 5.41) is 1.20. The molecule has 226 valence electrons. The van der Waals surface area contributed by atoms with Crippen molar-refractivity contribution in [2.75, 3.05) is 56.6 Å². The monoisotopic (exact) mass is 586 g/mol. The minimum absolute atomic E-state index is 0.00656. The minimum Gasteiger partial charge on any atom is -0.493 e. The van der Waals surface area contributed by atoms with Gasteiger partial charge in [0.25, 0.3) is 0 Å². The van der Waals surface area contributed by atoms with E-state index in [2.05, 4.69) is 0 Å². The van der Waals surface area contributed by atoms with E-state index in [9.17, 15) is 4.79 Å². The largest absolute Gasteiger partial charge is 0.493 e. The van der Waals surface area contributed by atoms with Gasteiger partial charge in [-0.15, -0.1) is 0 Å². The number of benzene rings is 3. The van der Waals surface area contributed by atoms with Crippen LogP contribution in [0.4, 0.5) is 0 Å². The van der Waals surface area contributed by atoms with E-state index in [4.69, 9.17) is 52.1 Å². The first-order valence-corrected chi connectivity index (χ1v) is 13.1. The highest BCUT2D eigenvalue weighted by atomic mass is 16.8. The summed E-state index contributed by atoms with van der Waals surface area (Å²) in [5.74, 6) is 1.74. The number of carbonyl (C=O) groups is 1. The Labute approximate surface area is 243 Å². The quantitative estimate of drug-likeness (QED) is 0.303. The third kappa shape index (κ3) is 5.05. The number of esters is 1. The molecule has 4 unspecified atom stereocenters. The molecule has 1 saturated heterocycles. The fourth-order valence-electron chi connectivity index (χ4n) is 5.42. The van der Waals surface area contributed by atoms with E-state index in [-0.39, 0.29) is 19.0 Å². The highest BCUT2D eigenvalue weighted by molar-refractivity contribution is 6.13. The Morgan fingerprint density at radius 2 is 1.48 bits per heavy atom. The number of ether oxygens (including phenoxy) is 11. The van der Waals surface area contributed by atoms with Crippen molar-refractivity contribution in [2.24, 2.45) is 0 Å². The lowest BCUT2D eigenvalue weighted by molar-refractivity contribution is -0.188. The number of carbonyl (C=O) groups excluding carboxylic acids is 1. The van der Waals surface area contributed by atoms with E-state index >= 15 is 0 Å². The molecule has 2 heterocycles. The summed E-state index contributed by atoms with van der Waals surface area (Å²) >= 11 is 0. The van der Waals surface area contributed by atoms with Crippen LogP contribution in [0.25, 0.3) is 21.9 Å². The molecular formula is C30H34O12. The number of hydrogen-bond donors (Lipinski definition) is 0. The van der Waals surface area contributed by atoms with Crippen LogP contribution in [-0.2, 0) is 35.0 Å². The Kier molecular flexibility index (Phi) is 8.90. The molecule has 4 atom stereocenters. The molecule has 0 N–H and O–H groups in total. The first-order valence-electron chi connectivity index (χ1n) is 13.1. The Hall–Kier alpha value is -3.81. The smallest absolute Gasteiger partial charge is 0.339 e. The van der Waals surface area contributed by atoms with Gasteiger partial charge in [0, 0.05) is 45.0 Å². The van der Waals surface area contributed by atoms with Crippen molar-refractivity contribution in [3.63, 3.8) is 0 Å². The lowest BCUT2D eigenvalue weighted by Gasteiger charge is -2.26. The molecule has 5 rings (SSSR count). The van der Waals surface area contributed by atoms with Gasteiger partial charge in [0.1, 0.15) is 11.9 Å². The molecule has 42 heavy (non-hydrogen) atoms. The Bertz CT molecular complexity index is 1450. The lowest BCUT2D eigenvalue weighted by atomic mass is 9.88. The molecule has 0 aromatic heterocycles. The topological polar surface area (TPSA) is 119 Å². The third-order valence-electron chi connectivity index (χ3n) is 7.34. The Morgan fingerprint density at radius 3 is 2.10 bits per heavy atom. The van der Waals surface area contributed by atoms with Crippen molar-refractivity contribution >= 4 is 16.7 Å². The second kappa shape index (κ2) is 12.6. The first-order chi connectivity index (χ1) is 20.4. The summed E-state index contributed by atoms with van der Waals surface area (Å²) in [7, 11) is 10.5. The maximum Gasteiger partial charge on any atom is 0.339 e. The van der Waals surface area contributed by atoms with E-state index in [0.29, 0.717) is 56.2 Å². The summed E-state index contributed by atoms with van der Waals surface area (Å²) in [6, 6.07) is 9.00. The molecule has 0 amide bonds. The molecule has 0 bridgehead atoms. The van der Waals surface area contributed by atoms with E-state index in [0.717, 1.165) is 0 Å². The Balaban J connectivity index is 1.84. The predicted octanol–water partition coefficient (Wildman–Crippen LogP) is 3.92. The van der Waals surface area contributed by atoms with Gasteiger partial charge in [-0.1, -0.05) is 6.07 Å². The van der Waals surface area contributed by atoms with Crippen LogP contribution in [0, 0.1) is 0 Å². The van der Waals surface area contributed by atoms with Crippen LogP contribution in [0.2, 0.25) is 0 Å². The molecule has 12 heteroatoms. The molecule has 0 radical (unpaired) electrons. The van der Waals surface area contributed by atoms with Gasteiger partial charge in [0.05, 0.1) is 33.5 Å². The maximum atomic E-state index is 13.6. The van der Waals surface area contributed by atoms with Gasteiger partial charge in [-0.05, 0) is 35.2 Å². The SMILES string of the molecule is COCc1c(C(=O)OC)c(-c2ccc3c(c2)OCO3)c2cc(OC)c(OC)cc2c1OC1OC(OC)C(OC)C1OC. The van der Waals surface area contributed by atoms with Crippen molar-refractivity contribution in [3.05, 3.63) is 41.5 Å². The van der Waals surface area contributed by atoms with Gasteiger partial charge in [0.15, 0.2) is 35.4 Å². The van der Waals surface area contributed by atoms with Gasteiger partial charge in [-0.25, -0.2) is 4.79 Å².